The van der Waals surface area contributed by atoms with Crippen LogP contribution in [-0.4, -0.2) is 22.9 Å². The zero-order valence-corrected chi connectivity index (χ0v) is 19.7. The van der Waals surface area contributed by atoms with Crippen LogP contribution in [0.2, 0.25) is 0 Å². The molecule has 0 spiro atoms. The number of carbonyl (C=O) groups excluding carboxylic acids is 2. The maximum atomic E-state index is 14.4. The van der Waals surface area contributed by atoms with Crippen LogP contribution in [0.5, 0.6) is 11.5 Å². The second-order valence-electron chi connectivity index (χ2n) is 8.13. The van der Waals surface area contributed by atoms with Gasteiger partial charge in [-0.05, 0) is 56.3 Å². The van der Waals surface area contributed by atoms with Crippen molar-refractivity contribution in [1.29, 1.82) is 0 Å². The van der Waals surface area contributed by atoms with Crippen molar-refractivity contribution in [3.05, 3.63) is 99.5 Å². The summed E-state index contributed by atoms with van der Waals surface area (Å²) >= 11 is 0. The van der Waals surface area contributed by atoms with Crippen LogP contribution in [0.25, 0.3) is 11.8 Å². The van der Waals surface area contributed by atoms with Crippen LogP contribution in [0.3, 0.4) is 0 Å². The average molecular weight is 491 g/mol. The molecule has 0 bridgehead atoms. The van der Waals surface area contributed by atoms with Crippen molar-refractivity contribution in [3.8, 4) is 17.2 Å². The number of amides is 2. The summed E-state index contributed by atoms with van der Waals surface area (Å²) in [6, 6.07) is 7.58. The highest BCUT2D eigenvalue weighted by atomic mass is 19.1. The third-order valence-corrected chi connectivity index (χ3v) is 5.62. The quantitative estimate of drug-likeness (QED) is 0.479. The summed E-state index contributed by atoms with van der Waals surface area (Å²) in [6.45, 7) is 7.32. The summed E-state index contributed by atoms with van der Waals surface area (Å²) in [5, 5.41) is 5.39. The molecular formula is C27H23F2N3O4. The molecule has 0 radical (unpaired) electrons. The number of benzene rings is 2. The van der Waals surface area contributed by atoms with E-state index in [9.17, 15) is 23.2 Å². The number of rotatable bonds is 7. The summed E-state index contributed by atoms with van der Waals surface area (Å²) in [5.41, 5.74) is 2.27. The number of aromatic nitrogens is 1. The molecule has 36 heavy (non-hydrogen) atoms. The fourth-order valence-corrected chi connectivity index (χ4v) is 3.91. The second kappa shape index (κ2) is 9.99. The summed E-state index contributed by atoms with van der Waals surface area (Å²) < 4.78 is 35.2. The van der Waals surface area contributed by atoms with Crippen molar-refractivity contribution in [3.63, 3.8) is 0 Å². The molecule has 4 rings (SSSR count). The van der Waals surface area contributed by atoms with Crippen molar-refractivity contribution in [2.75, 3.05) is 11.9 Å². The summed E-state index contributed by atoms with van der Waals surface area (Å²) in [6.07, 6.45) is 4.47. The lowest BCUT2D eigenvalue weighted by Crippen LogP contribution is -2.25. The Morgan fingerprint density at radius 2 is 1.92 bits per heavy atom. The normalized spacial score (nSPS) is 11.9. The summed E-state index contributed by atoms with van der Waals surface area (Å²) in [4.78, 5) is 37.3. The van der Waals surface area contributed by atoms with Gasteiger partial charge < -0.3 is 19.9 Å². The van der Waals surface area contributed by atoms with Gasteiger partial charge >= 0.3 is 0 Å². The molecule has 0 aliphatic heterocycles. The predicted octanol–water partition coefficient (Wildman–Crippen LogP) is 4.42. The van der Waals surface area contributed by atoms with Crippen molar-refractivity contribution < 1.29 is 23.1 Å². The smallest absolute Gasteiger partial charge is 0.247 e. The minimum Gasteiger partial charge on any atom is -0.452 e. The van der Waals surface area contributed by atoms with E-state index in [-0.39, 0.29) is 29.3 Å². The first-order valence-corrected chi connectivity index (χ1v) is 11.2. The van der Waals surface area contributed by atoms with Gasteiger partial charge in [-0.3, -0.25) is 14.4 Å². The standard InChI is InChI=1S/C27H23F2N3O4/c1-4-25(33)31-18-7-9-24(36-23-8-6-17(28)12-20(23)29)22(13-18)32-14-15(3)26(34)19-10-16(11-21(19)32)27(35)30-5-2/h4,6-9,11-14H,1,5,10H2,2-3H3,(H,30,35)(H,31,33). The number of halogens is 2. The Morgan fingerprint density at radius 1 is 1.17 bits per heavy atom. The van der Waals surface area contributed by atoms with Crippen LogP contribution in [-0.2, 0) is 16.0 Å². The Morgan fingerprint density at radius 3 is 2.61 bits per heavy atom. The number of likely N-dealkylation sites (N-methyl/N-ethyl adjacent to an activating group) is 1. The van der Waals surface area contributed by atoms with Crippen molar-refractivity contribution in [2.24, 2.45) is 0 Å². The first kappa shape index (κ1) is 24.6. The summed E-state index contributed by atoms with van der Waals surface area (Å²) in [5.74, 6) is -2.42. The van der Waals surface area contributed by atoms with E-state index in [4.69, 9.17) is 4.74 Å². The highest BCUT2D eigenvalue weighted by molar-refractivity contribution is 6.00. The number of carbonyl (C=O) groups is 2. The molecule has 2 amide bonds. The largest absolute Gasteiger partial charge is 0.452 e. The van der Waals surface area contributed by atoms with E-state index in [1.54, 1.807) is 42.8 Å². The van der Waals surface area contributed by atoms with E-state index in [2.05, 4.69) is 17.2 Å². The van der Waals surface area contributed by atoms with Crippen molar-refractivity contribution in [2.45, 2.75) is 20.3 Å². The van der Waals surface area contributed by atoms with Crippen LogP contribution in [0, 0.1) is 18.6 Å². The monoisotopic (exact) mass is 491 g/mol. The van der Waals surface area contributed by atoms with Gasteiger partial charge in [0.05, 0.1) is 11.4 Å². The van der Waals surface area contributed by atoms with E-state index in [1.807, 2.05) is 0 Å². The Kier molecular flexibility index (Phi) is 6.82. The van der Waals surface area contributed by atoms with Gasteiger partial charge in [0.15, 0.2) is 22.7 Å². The fourth-order valence-electron chi connectivity index (χ4n) is 3.91. The van der Waals surface area contributed by atoms with Crippen molar-refractivity contribution >= 4 is 23.6 Å². The third kappa shape index (κ3) is 4.81. The minimum atomic E-state index is -0.898. The summed E-state index contributed by atoms with van der Waals surface area (Å²) in [7, 11) is 0. The topological polar surface area (TPSA) is 89.4 Å². The van der Waals surface area contributed by atoms with Crippen molar-refractivity contribution in [1.82, 2.24) is 9.88 Å². The molecule has 0 unspecified atom stereocenters. The van der Waals surface area contributed by atoms with Crippen LogP contribution >= 0.6 is 0 Å². The zero-order valence-electron chi connectivity index (χ0n) is 19.7. The number of nitrogens with one attached hydrogen (secondary N) is 2. The van der Waals surface area contributed by atoms with Gasteiger partial charge in [-0.1, -0.05) is 6.58 Å². The molecule has 7 nitrogen and oxygen atoms in total. The highest BCUT2D eigenvalue weighted by Gasteiger charge is 2.25. The Labute approximate surface area is 205 Å². The van der Waals surface area contributed by atoms with Gasteiger partial charge in [0, 0.05) is 47.6 Å². The number of hydrogen-bond donors (Lipinski definition) is 2. The lowest BCUT2D eigenvalue weighted by atomic mass is 10.1. The number of fused-ring (bicyclic) bond motifs is 1. The van der Waals surface area contributed by atoms with Crippen LogP contribution in [0.1, 0.15) is 23.7 Å². The molecule has 0 saturated carbocycles. The first-order valence-electron chi connectivity index (χ1n) is 11.2. The Bertz CT molecular complexity index is 1490. The van der Waals surface area contributed by atoms with Crippen LogP contribution in [0.4, 0.5) is 14.5 Å². The molecule has 1 aliphatic carbocycles. The second-order valence-corrected chi connectivity index (χ2v) is 8.13. The zero-order chi connectivity index (χ0) is 26.0. The lowest BCUT2D eigenvalue weighted by molar-refractivity contribution is -0.117. The van der Waals surface area contributed by atoms with E-state index in [0.717, 1.165) is 18.2 Å². The van der Waals surface area contributed by atoms with Gasteiger partial charge in [-0.15, -0.1) is 0 Å². The number of nitrogens with zero attached hydrogens (tertiary/aromatic N) is 1. The van der Waals surface area contributed by atoms with Gasteiger partial charge in [-0.25, -0.2) is 8.78 Å². The highest BCUT2D eigenvalue weighted by Crippen LogP contribution is 2.35. The van der Waals surface area contributed by atoms with Crippen LogP contribution in [0.15, 0.2) is 65.6 Å². The number of pyridine rings is 1. The van der Waals surface area contributed by atoms with Crippen LogP contribution < -0.4 is 20.8 Å². The van der Waals surface area contributed by atoms with Gasteiger partial charge in [-0.2, -0.15) is 0 Å². The fraction of sp³-hybridized carbons (Fsp3) is 0.148. The molecule has 9 heteroatoms. The molecule has 1 heterocycles. The molecule has 2 aromatic carbocycles. The number of hydrogen-bond acceptors (Lipinski definition) is 4. The maximum Gasteiger partial charge on any atom is 0.247 e. The lowest BCUT2D eigenvalue weighted by Gasteiger charge is -2.19. The molecular weight excluding hydrogens is 468 g/mol. The SMILES string of the molecule is C=CC(=O)Nc1ccc(Oc2ccc(F)cc2F)c(-n2cc(C)c(=O)c3c2C=C(C(=O)NCC)C3)c1. The first-order chi connectivity index (χ1) is 17.2. The molecule has 0 saturated heterocycles. The predicted molar refractivity (Wildman–Crippen MR) is 132 cm³/mol. The van der Waals surface area contributed by atoms with E-state index in [1.165, 1.54) is 6.07 Å². The maximum absolute atomic E-state index is 14.4. The molecule has 1 aliphatic rings. The molecule has 2 N–H and O–H groups in total. The Balaban J connectivity index is 1.91. The molecule has 3 aromatic rings. The van der Waals surface area contributed by atoms with E-state index >= 15 is 0 Å². The molecule has 1 aromatic heterocycles. The minimum absolute atomic E-state index is 0.150. The van der Waals surface area contributed by atoms with Gasteiger partial charge in [0.25, 0.3) is 0 Å². The van der Waals surface area contributed by atoms with E-state index < -0.39 is 17.5 Å². The number of anilines is 1. The van der Waals surface area contributed by atoms with Gasteiger partial charge in [0.2, 0.25) is 11.8 Å². The van der Waals surface area contributed by atoms with E-state index in [0.29, 0.717) is 46.4 Å². The average Bonchev–Trinajstić information content (AvgIpc) is 3.30. The Hall–Kier alpha value is -4.53. The molecule has 0 atom stereocenters. The third-order valence-electron chi connectivity index (χ3n) is 5.62. The molecule has 184 valence electrons. The number of aryl methyl sites for hydroxylation is 1. The number of ether oxygens (including phenoxy) is 1. The van der Waals surface area contributed by atoms with Gasteiger partial charge in [0.1, 0.15) is 5.82 Å². The molecule has 0 fully saturated rings.